The monoisotopic (exact) mass is 269 g/mol. The Bertz CT molecular complexity index is 680. The van der Waals surface area contributed by atoms with Gasteiger partial charge in [-0.3, -0.25) is 0 Å². The van der Waals surface area contributed by atoms with Crippen molar-refractivity contribution >= 4 is 27.0 Å². The first kappa shape index (κ1) is 12.1. The maximum absolute atomic E-state index is 5.13. The summed E-state index contributed by atoms with van der Waals surface area (Å²) in [7, 11) is 0. The van der Waals surface area contributed by atoms with Gasteiger partial charge in [-0.25, -0.2) is 0 Å². The van der Waals surface area contributed by atoms with Crippen LogP contribution in [0.3, 0.4) is 0 Å². The van der Waals surface area contributed by atoms with Crippen molar-refractivity contribution in [3.8, 4) is 0 Å². The summed E-state index contributed by atoms with van der Waals surface area (Å²) in [5, 5.41) is 8.63. The van der Waals surface area contributed by atoms with E-state index in [1.54, 1.807) is 11.3 Å². The topological polar surface area (TPSA) is 50.7 Å². The van der Waals surface area contributed by atoms with Gasteiger partial charge in [0.1, 0.15) is 0 Å². The van der Waals surface area contributed by atoms with Crippen LogP contribution in [-0.4, -0.2) is 0 Å². The van der Waals surface area contributed by atoms with Gasteiger partial charge in [0.05, 0.1) is 6.54 Å². The molecule has 0 saturated carbocycles. The fourth-order valence-electron chi connectivity index (χ4n) is 2.43. The first-order valence-electron chi connectivity index (χ1n) is 6.34. The zero-order valence-electron chi connectivity index (χ0n) is 10.5. The largest absolute Gasteiger partial charge is 0.305 e. The van der Waals surface area contributed by atoms with Crippen LogP contribution in [0.15, 0.2) is 52.8 Å². The van der Waals surface area contributed by atoms with Gasteiger partial charge < -0.3 is 5.84 Å². The average Bonchev–Trinajstić information content (AvgIpc) is 2.84. The van der Waals surface area contributed by atoms with Gasteiger partial charge in [0, 0.05) is 20.5 Å². The standard InChI is InChI=1S/C15H15N3S/c16-18-17-10-14-15(11-6-2-1-3-7-11)12-8-4-5-9-13(12)19-14/h2,4-9H,1,3,10H2,(H2,16,17). The molecule has 4 heteroatoms. The molecule has 0 amide bonds. The number of nitrogens with two attached hydrogens (primary N) is 1. The Balaban J connectivity index is 2.18. The van der Waals surface area contributed by atoms with Crippen molar-refractivity contribution in [3.05, 3.63) is 52.9 Å². The van der Waals surface area contributed by atoms with E-state index in [2.05, 4.69) is 52.8 Å². The summed E-state index contributed by atoms with van der Waals surface area (Å²) >= 11 is 1.77. The van der Waals surface area contributed by atoms with Crippen LogP contribution in [0.1, 0.15) is 23.3 Å². The van der Waals surface area contributed by atoms with Crippen molar-refractivity contribution in [1.29, 1.82) is 0 Å². The highest BCUT2D eigenvalue weighted by molar-refractivity contribution is 7.19. The average molecular weight is 269 g/mol. The molecule has 3 nitrogen and oxygen atoms in total. The number of nitrogens with zero attached hydrogens (tertiary/aromatic N) is 2. The molecule has 0 atom stereocenters. The maximum Gasteiger partial charge on any atom is 0.0969 e. The van der Waals surface area contributed by atoms with E-state index in [4.69, 9.17) is 5.84 Å². The Kier molecular flexibility index (Phi) is 3.42. The van der Waals surface area contributed by atoms with Gasteiger partial charge in [0.15, 0.2) is 0 Å². The first-order valence-corrected chi connectivity index (χ1v) is 7.16. The summed E-state index contributed by atoms with van der Waals surface area (Å²) in [5.41, 5.74) is 2.59. The van der Waals surface area contributed by atoms with Crippen LogP contribution in [0.25, 0.3) is 15.7 Å². The summed E-state index contributed by atoms with van der Waals surface area (Å²) in [4.78, 5) is 1.23. The van der Waals surface area contributed by atoms with Crippen molar-refractivity contribution in [3.63, 3.8) is 0 Å². The number of hydrogen-bond acceptors (Lipinski definition) is 3. The second-order valence-corrected chi connectivity index (χ2v) is 5.59. The number of rotatable bonds is 3. The summed E-state index contributed by atoms with van der Waals surface area (Å²) in [5.74, 6) is 5.13. The highest BCUT2D eigenvalue weighted by atomic mass is 32.1. The van der Waals surface area contributed by atoms with Crippen LogP contribution in [0.2, 0.25) is 0 Å². The zero-order valence-corrected chi connectivity index (χ0v) is 11.4. The predicted octanol–water partition coefficient (Wildman–Crippen LogP) is 4.46. The van der Waals surface area contributed by atoms with Crippen molar-refractivity contribution in [2.75, 3.05) is 0 Å². The molecule has 0 spiro atoms. The van der Waals surface area contributed by atoms with Crippen molar-refractivity contribution in [2.45, 2.75) is 19.4 Å². The van der Waals surface area contributed by atoms with E-state index in [-0.39, 0.29) is 0 Å². The fourth-order valence-corrected chi connectivity index (χ4v) is 3.57. The maximum atomic E-state index is 5.13. The molecule has 0 aliphatic heterocycles. The summed E-state index contributed by atoms with van der Waals surface area (Å²) in [6.07, 6.45) is 8.98. The minimum absolute atomic E-state index is 0.552. The molecule has 1 aromatic heterocycles. The Morgan fingerprint density at radius 3 is 2.89 bits per heavy atom. The van der Waals surface area contributed by atoms with Gasteiger partial charge in [-0.1, -0.05) is 41.7 Å². The lowest BCUT2D eigenvalue weighted by atomic mass is 9.97. The molecule has 96 valence electrons. The van der Waals surface area contributed by atoms with Crippen LogP contribution in [0, 0.1) is 0 Å². The molecule has 0 unspecified atom stereocenters. The third kappa shape index (κ3) is 2.31. The molecule has 2 N–H and O–H groups in total. The summed E-state index contributed by atoms with van der Waals surface area (Å²) in [6, 6.07) is 8.48. The normalized spacial score (nSPS) is 15.3. The van der Waals surface area contributed by atoms with E-state index in [9.17, 15) is 0 Å². The van der Waals surface area contributed by atoms with E-state index in [1.165, 1.54) is 26.1 Å². The molecule has 0 fully saturated rings. The van der Waals surface area contributed by atoms with Crippen LogP contribution in [-0.2, 0) is 6.54 Å². The summed E-state index contributed by atoms with van der Waals surface area (Å²) in [6.45, 7) is 0.552. The molecule has 19 heavy (non-hydrogen) atoms. The molecule has 0 bridgehead atoms. The second kappa shape index (κ2) is 5.36. The van der Waals surface area contributed by atoms with Gasteiger partial charge in [-0.2, -0.15) is 5.11 Å². The van der Waals surface area contributed by atoms with Crippen LogP contribution in [0.4, 0.5) is 0 Å². The van der Waals surface area contributed by atoms with Crippen LogP contribution >= 0.6 is 11.3 Å². The molecule has 1 aliphatic carbocycles. The molecule has 3 rings (SSSR count). The first-order chi connectivity index (χ1) is 9.40. The smallest absolute Gasteiger partial charge is 0.0969 e. The van der Waals surface area contributed by atoms with Gasteiger partial charge in [-0.05, 0) is 24.5 Å². The predicted molar refractivity (Wildman–Crippen MR) is 80.9 cm³/mol. The van der Waals surface area contributed by atoms with E-state index in [1.807, 2.05) is 0 Å². The number of hydrogen-bond donors (Lipinski definition) is 1. The molecular formula is C15H15N3S. The van der Waals surface area contributed by atoms with E-state index in [0.29, 0.717) is 6.54 Å². The molecule has 2 aromatic rings. The van der Waals surface area contributed by atoms with Crippen molar-refractivity contribution in [2.24, 2.45) is 16.2 Å². The van der Waals surface area contributed by atoms with Crippen molar-refractivity contribution in [1.82, 2.24) is 0 Å². The Morgan fingerprint density at radius 2 is 2.11 bits per heavy atom. The third-order valence-corrected chi connectivity index (χ3v) is 4.40. The van der Waals surface area contributed by atoms with Crippen molar-refractivity contribution < 1.29 is 0 Å². The quantitative estimate of drug-likeness (QED) is 0.499. The lowest BCUT2D eigenvalue weighted by Gasteiger charge is -2.08. The minimum Gasteiger partial charge on any atom is -0.305 e. The van der Waals surface area contributed by atoms with Gasteiger partial charge >= 0.3 is 0 Å². The van der Waals surface area contributed by atoms with Crippen LogP contribution in [0.5, 0.6) is 0 Å². The highest BCUT2D eigenvalue weighted by Crippen LogP contribution is 2.38. The minimum atomic E-state index is 0.552. The fraction of sp³-hybridized carbons (Fsp3) is 0.200. The number of benzene rings is 1. The lowest BCUT2D eigenvalue weighted by Crippen LogP contribution is -1.90. The van der Waals surface area contributed by atoms with Crippen LogP contribution < -0.4 is 5.84 Å². The van der Waals surface area contributed by atoms with Gasteiger partial charge in [0.2, 0.25) is 0 Å². The Morgan fingerprint density at radius 1 is 1.21 bits per heavy atom. The highest BCUT2D eigenvalue weighted by Gasteiger charge is 2.14. The molecule has 1 aliphatic rings. The molecule has 0 saturated heterocycles. The second-order valence-electron chi connectivity index (χ2n) is 4.45. The number of fused-ring (bicyclic) bond motifs is 1. The zero-order chi connectivity index (χ0) is 13.1. The lowest BCUT2D eigenvalue weighted by molar-refractivity contribution is 0.904. The van der Waals surface area contributed by atoms with E-state index < -0.39 is 0 Å². The molecule has 0 radical (unpaired) electrons. The summed E-state index contributed by atoms with van der Waals surface area (Å²) < 4.78 is 1.29. The molecule has 1 heterocycles. The van der Waals surface area contributed by atoms with E-state index in [0.717, 1.165) is 12.8 Å². The Hall–Kier alpha value is -1.94. The number of allylic oxidation sites excluding steroid dienone is 4. The Labute approximate surface area is 116 Å². The van der Waals surface area contributed by atoms with Gasteiger partial charge in [0.25, 0.3) is 0 Å². The van der Waals surface area contributed by atoms with E-state index >= 15 is 0 Å². The molecule has 1 aromatic carbocycles. The third-order valence-electron chi connectivity index (χ3n) is 3.25. The molecular weight excluding hydrogens is 254 g/mol. The van der Waals surface area contributed by atoms with Gasteiger partial charge in [-0.15, -0.1) is 11.3 Å². The number of thiophene rings is 1. The SMILES string of the molecule is NN=NCc1sc2ccccc2c1C1=CCCC=C1.